The van der Waals surface area contributed by atoms with Crippen molar-refractivity contribution in [3.63, 3.8) is 0 Å². The largest absolute Gasteiger partial charge is 0.311 e. The second kappa shape index (κ2) is 12.5. The van der Waals surface area contributed by atoms with E-state index in [0.717, 1.165) is 29.9 Å². The third-order valence-electron chi connectivity index (χ3n) is 10.7. The molecule has 8 aromatic rings. The van der Waals surface area contributed by atoms with E-state index in [1.165, 1.54) is 70.9 Å². The van der Waals surface area contributed by atoms with Crippen molar-refractivity contribution in [2.45, 2.75) is 32.6 Å². The van der Waals surface area contributed by atoms with Gasteiger partial charge in [-0.15, -0.1) is 0 Å². The van der Waals surface area contributed by atoms with Gasteiger partial charge in [0.05, 0.1) is 0 Å². The molecule has 1 heteroatoms. The zero-order valence-corrected chi connectivity index (χ0v) is 28.6. The standard InChI is InChI=1S/C49H39N/c1-3-34(32-39-25-31-46-44-19-11-15-38-14-10-18-43(48(38)44)45-30-20-33(2)47(39)49(45)46)36-21-26-41(27-22-36)50(40-16-8-5-9-17-40)42-28-23-37(24-29-42)35-12-6-4-7-13-35/h3-19,21-31,33H,20,32H2,1-2H3/b34-3-. The smallest absolute Gasteiger partial charge is 0.0462 e. The van der Waals surface area contributed by atoms with Gasteiger partial charge in [0.1, 0.15) is 0 Å². The van der Waals surface area contributed by atoms with Crippen LogP contribution in [0.1, 0.15) is 42.9 Å². The molecule has 0 N–H and O–H groups in total. The SMILES string of the molecule is C/C=C(/Cc1ccc2c3c1C(C)CC=c3c1cccc3cccc2c31)c1ccc(N(c2ccccc2)c2ccc(-c3ccccc3)cc2)cc1. The number of nitrogens with zero attached hydrogens (tertiary/aromatic N) is 1. The summed E-state index contributed by atoms with van der Waals surface area (Å²) in [5.74, 6) is 0.473. The highest BCUT2D eigenvalue weighted by Gasteiger charge is 2.22. The fraction of sp³-hybridized carbons (Fsp3) is 0.102. The quantitative estimate of drug-likeness (QED) is 0.124. The Bertz CT molecular complexity index is 2570. The molecule has 0 amide bonds. The predicted molar refractivity (Wildman–Crippen MR) is 216 cm³/mol. The topological polar surface area (TPSA) is 3.24 Å². The van der Waals surface area contributed by atoms with Crippen molar-refractivity contribution in [3.8, 4) is 11.1 Å². The molecule has 0 radical (unpaired) electrons. The summed E-state index contributed by atoms with van der Waals surface area (Å²) in [6, 6.07) is 57.6. The number of allylic oxidation sites excluding steroid dienone is 2. The molecule has 9 rings (SSSR count). The molecule has 50 heavy (non-hydrogen) atoms. The summed E-state index contributed by atoms with van der Waals surface area (Å²) in [4.78, 5) is 2.34. The van der Waals surface area contributed by atoms with Crippen LogP contribution in [0.25, 0.3) is 55.1 Å². The Kier molecular flexibility index (Phi) is 7.55. The zero-order valence-electron chi connectivity index (χ0n) is 28.6. The monoisotopic (exact) mass is 641 g/mol. The first kappa shape index (κ1) is 30.2. The van der Waals surface area contributed by atoms with Crippen molar-refractivity contribution in [3.05, 3.63) is 186 Å². The number of fused-ring (bicyclic) bond motifs is 2. The van der Waals surface area contributed by atoms with Gasteiger partial charge in [-0.25, -0.2) is 0 Å². The summed E-state index contributed by atoms with van der Waals surface area (Å²) in [7, 11) is 0. The van der Waals surface area contributed by atoms with E-state index in [1.807, 2.05) is 0 Å². The lowest BCUT2D eigenvalue weighted by Crippen LogP contribution is -2.16. The third kappa shape index (κ3) is 5.09. The molecule has 1 nitrogen and oxygen atoms in total. The first-order valence-corrected chi connectivity index (χ1v) is 17.8. The Balaban J connectivity index is 1.08. The molecule has 0 spiro atoms. The van der Waals surface area contributed by atoms with Crippen LogP contribution in [0.3, 0.4) is 0 Å². The van der Waals surface area contributed by atoms with E-state index < -0.39 is 0 Å². The minimum atomic E-state index is 0.473. The van der Waals surface area contributed by atoms with Crippen LogP contribution in [0.5, 0.6) is 0 Å². The van der Waals surface area contributed by atoms with Gasteiger partial charge in [0, 0.05) is 17.1 Å². The van der Waals surface area contributed by atoms with Gasteiger partial charge in [-0.3, -0.25) is 0 Å². The lowest BCUT2D eigenvalue weighted by molar-refractivity contribution is 0.793. The van der Waals surface area contributed by atoms with Crippen molar-refractivity contribution in [1.29, 1.82) is 0 Å². The van der Waals surface area contributed by atoms with E-state index >= 15 is 0 Å². The number of rotatable bonds is 7. The summed E-state index contributed by atoms with van der Waals surface area (Å²) in [5.41, 5.74) is 11.5. The normalized spacial score (nSPS) is 14.3. The number of anilines is 3. The Morgan fingerprint density at radius 2 is 1.18 bits per heavy atom. The van der Waals surface area contributed by atoms with Gasteiger partial charge >= 0.3 is 0 Å². The molecule has 0 aromatic heterocycles. The van der Waals surface area contributed by atoms with Crippen molar-refractivity contribution < 1.29 is 0 Å². The number of para-hydroxylation sites is 1. The molecule has 240 valence electrons. The lowest BCUT2D eigenvalue weighted by Gasteiger charge is -2.26. The van der Waals surface area contributed by atoms with E-state index in [0.29, 0.717) is 5.92 Å². The van der Waals surface area contributed by atoms with E-state index in [-0.39, 0.29) is 0 Å². The molecule has 0 fully saturated rings. The minimum absolute atomic E-state index is 0.473. The van der Waals surface area contributed by atoms with E-state index in [9.17, 15) is 0 Å². The van der Waals surface area contributed by atoms with Crippen LogP contribution in [0, 0.1) is 0 Å². The summed E-state index contributed by atoms with van der Waals surface area (Å²) in [5, 5.41) is 9.73. The van der Waals surface area contributed by atoms with Gasteiger partial charge in [0.2, 0.25) is 0 Å². The van der Waals surface area contributed by atoms with Gasteiger partial charge < -0.3 is 4.90 Å². The van der Waals surface area contributed by atoms with Crippen molar-refractivity contribution in [2.24, 2.45) is 0 Å². The highest BCUT2D eigenvalue weighted by molar-refractivity contribution is 6.22. The minimum Gasteiger partial charge on any atom is -0.311 e. The van der Waals surface area contributed by atoms with Crippen LogP contribution in [-0.4, -0.2) is 0 Å². The molecule has 1 unspecified atom stereocenters. The highest BCUT2D eigenvalue weighted by atomic mass is 15.1. The van der Waals surface area contributed by atoms with E-state index in [4.69, 9.17) is 0 Å². The van der Waals surface area contributed by atoms with Crippen LogP contribution in [-0.2, 0) is 6.42 Å². The van der Waals surface area contributed by atoms with Gasteiger partial charge in [0.25, 0.3) is 0 Å². The van der Waals surface area contributed by atoms with E-state index in [1.54, 1.807) is 0 Å². The molecule has 0 aliphatic heterocycles. The molecule has 1 atom stereocenters. The van der Waals surface area contributed by atoms with Crippen LogP contribution in [0.15, 0.2) is 164 Å². The highest BCUT2D eigenvalue weighted by Crippen LogP contribution is 2.41. The molecule has 8 aromatic carbocycles. The number of hydrogen-bond acceptors (Lipinski definition) is 1. The second-order valence-electron chi connectivity index (χ2n) is 13.6. The van der Waals surface area contributed by atoms with E-state index in [2.05, 4.69) is 189 Å². The molecule has 0 bridgehead atoms. The van der Waals surface area contributed by atoms with Gasteiger partial charge in [-0.05, 0) is 133 Å². The molecular weight excluding hydrogens is 603 g/mol. The van der Waals surface area contributed by atoms with Crippen LogP contribution in [0.2, 0.25) is 0 Å². The first-order valence-electron chi connectivity index (χ1n) is 17.8. The predicted octanol–water partition coefficient (Wildman–Crippen LogP) is 12.9. The van der Waals surface area contributed by atoms with Gasteiger partial charge in [0.15, 0.2) is 0 Å². The molecular formula is C49H39N. The van der Waals surface area contributed by atoms with Crippen LogP contribution < -0.4 is 10.1 Å². The Hall–Kier alpha value is -5.92. The fourth-order valence-electron chi connectivity index (χ4n) is 8.30. The Morgan fingerprint density at radius 1 is 0.580 bits per heavy atom. The molecule has 0 saturated heterocycles. The maximum absolute atomic E-state index is 2.49. The Morgan fingerprint density at radius 3 is 1.88 bits per heavy atom. The van der Waals surface area contributed by atoms with Gasteiger partial charge in [-0.1, -0.05) is 140 Å². The first-order chi connectivity index (χ1) is 24.7. The summed E-state index contributed by atoms with van der Waals surface area (Å²) in [6.45, 7) is 4.59. The van der Waals surface area contributed by atoms with Crippen LogP contribution >= 0.6 is 0 Å². The average molecular weight is 642 g/mol. The zero-order chi connectivity index (χ0) is 33.6. The Labute approximate surface area is 294 Å². The molecule has 1 aliphatic carbocycles. The van der Waals surface area contributed by atoms with Gasteiger partial charge in [-0.2, -0.15) is 0 Å². The molecule has 0 saturated carbocycles. The molecule has 0 heterocycles. The van der Waals surface area contributed by atoms with Crippen molar-refractivity contribution >= 4 is 61.0 Å². The molecule has 1 aliphatic rings. The average Bonchev–Trinajstić information content (AvgIpc) is 3.18. The van der Waals surface area contributed by atoms with Crippen molar-refractivity contribution in [2.75, 3.05) is 4.90 Å². The number of benzene rings is 8. The van der Waals surface area contributed by atoms with Crippen LogP contribution in [0.4, 0.5) is 17.1 Å². The summed E-state index contributed by atoms with van der Waals surface area (Å²) >= 11 is 0. The fourth-order valence-corrected chi connectivity index (χ4v) is 8.30. The third-order valence-corrected chi connectivity index (χ3v) is 10.7. The number of hydrogen-bond donors (Lipinski definition) is 0. The second-order valence-corrected chi connectivity index (χ2v) is 13.6. The maximum atomic E-state index is 2.49. The maximum Gasteiger partial charge on any atom is 0.0462 e. The summed E-state index contributed by atoms with van der Waals surface area (Å²) in [6.07, 6.45) is 6.77. The summed E-state index contributed by atoms with van der Waals surface area (Å²) < 4.78 is 0. The lowest BCUT2D eigenvalue weighted by atomic mass is 9.79. The van der Waals surface area contributed by atoms with Crippen molar-refractivity contribution in [1.82, 2.24) is 0 Å².